The number of hydrogen-bond donors (Lipinski definition) is 0. The second-order valence-corrected chi connectivity index (χ2v) is 8.45. The van der Waals surface area contributed by atoms with E-state index in [0.29, 0.717) is 17.8 Å². The Bertz CT molecular complexity index is 919. The zero-order chi connectivity index (χ0) is 18.9. The molecule has 0 saturated carbocycles. The normalized spacial score (nSPS) is 16.9. The topological polar surface area (TPSA) is 63.7 Å². The summed E-state index contributed by atoms with van der Waals surface area (Å²) in [6.45, 7) is 3.98. The lowest BCUT2D eigenvalue weighted by molar-refractivity contribution is 0.101. The minimum atomic E-state index is -3.70. The van der Waals surface area contributed by atoms with Crippen LogP contribution in [0.3, 0.4) is 0 Å². The first-order valence-corrected chi connectivity index (χ1v) is 10.1. The Kier molecular flexibility index (Phi) is 5.05. The largest absolute Gasteiger partial charge is 0.497 e. The van der Waals surface area contributed by atoms with Crippen molar-refractivity contribution in [3.63, 3.8) is 0 Å². The molecule has 5 nitrogen and oxygen atoms in total. The SMILES string of the molecule is CCC1Cc2cc(OC)ccc2N(S(=O)(=O)c2ccc(C(C)=O)cc2)C1. The Morgan fingerprint density at radius 2 is 1.88 bits per heavy atom. The Hall–Kier alpha value is -2.34. The average Bonchev–Trinajstić information content (AvgIpc) is 2.66. The fraction of sp³-hybridized carbons (Fsp3) is 0.350. The molecule has 0 radical (unpaired) electrons. The minimum Gasteiger partial charge on any atom is -0.497 e. The van der Waals surface area contributed by atoms with E-state index in [1.807, 2.05) is 12.1 Å². The fourth-order valence-electron chi connectivity index (χ4n) is 3.29. The zero-order valence-electron chi connectivity index (χ0n) is 15.2. The third-order valence-electron chi connectivity index (χ3n) is 4.91. The molecule has 1 heterocycles. The molecule has 0 N–H and O–H groups in total. The van der Waals surface area contributed by atoms with E-state index in [1.54, 1.807) is 25.3 Å². The third-order valence-corrected chi connectivity index (χ3v) is 6.71. The summed E-state index contributed by atoms with van der Waals surface area (Å²) in [5.41, 5.74) is 2.18. The first-order chi connectivity index (χ1) is 12.4. The number of methoxy groups -OCH3 is 1. The van der Waals surface area contributed by atoms with Gasteiger partial charge in [-0.05, 0) is 55.2 Å². The number of carbonyl (C=O) groups excluding carboxylic acids is 1. The second-order valence-electron chi connectivity index (χ2n) is 6.59. The fourth-order valence-corrected chi connectivity index (χ4v) is 4.87. The number of ether oxygens (including phenoxy) is 1. The van der Waals surface area contributed by atoms with Crippen LogP contribution in [0.4, 0.5) is 5.69 Å². The number of hydrogen-bond acceptors (Lipinski definition) is 4. The van der Waals surface area contributed by atoms with Crippen molar-refractivity contribution in [2.45, 2.75) is 31.6 Å². The second kappa shape index (κ2) is 7.11. The van der Waals surface area contributed by atoms with Gasteiger partial charge in [0.05, 0.1) is 17.7 Å². The van der Waals surface area contributed by atoms with Crippen molar-refractivity contribution < 1.29 is 17.9 Å². The van der Waals surface area contributed by atoms with Crippen LogP contribution in [0.2, 0.25) is 0 Å². The van der Waals surface area contributed by atoms with Crippen LogP contribution in [0.15, 0.2) is 47.4 Å². The summed E-state index contributed by atoms with van der Waals surface area (Å²) in [5.74, 6) is 0.889. The number of ketones is 1. The van der Waals surface area contributed by atoms with Crippen molar-refractivity contribution in [1.82, 2.24) is 0 Å². The standard InChI is InChI=1S/C20H23NO4S/c1-4-15-11-17-12-18(25-3)7-10-20(17)21(13-15)26(23,24)19-8-5-16(6-9-19)14(2)22/h5-10,12,15H,4,11,13H2,1-3H3. The first-order valence-electron chi connectivity index (χ1n) is 8.67. The molecule has 2 aromatic rings. The van der Waals surface area contributed by atoms with Gasteiger partial charge in [0.15, 0.2) is 5.78 Å². The van der Waals surface area contributed by atoms with Crippen LogP contribution in [-0.2, 0) is 16.4 Å². The monoisotopic (exact) mass is 373 g/mol. The lowest BCUT2D eigenvalue weighted by atomic mass is 9.92. The van der Waals surface area contributed by atoms with Gasteiger partial charge in [0.1, 0.15) is 5.75 Å². The van der Waals surface area contributed by atoms with Crippen LogP contribution >= 0.6 is 0 Å². The molecule has 1 unspecified atom stereocenters. The van der Waals surface area contributed by atoms with E-state index in [1.165, 1.54) is 23.4 Å². The molecule has 1 aliphatic rings. The summed E-state index contributed by atoms with van der Waals surface area (Å²) >= 11 is 0. The van der Waals surface area contributed by atoms with Gasteiger partial charge >= 0.3 is 0 Å². The van der Waals surface area contributed by atoms with Crippen molar-refractivity contribution in [3.8, 4) is 5.75 Å². The van der Waals surface area contributed by atoms with E-state index in [9.17, 15) is 13.2 Å². The zero-order valence-corrected chi connectivity index (χ0v) is 16.0. The number of fused-ring (bicyclic) bond motifs is 1. The lowest BCUT2D eigenvalue weighted by Crippen LogP contribution is -2.39. The molecular weight excluding hydrogens is 350 g/mol. The Labute approximate surface area is 154 Å². The average molecular weight is 373 g/mol. The third kappa shape index (κ3) is 3.33. The summed E-state index contributed by atoms with van der Waals surface area (Å²) in [6, 6.07) is 11.6. The highest BCUT2D eigenvalue weighted by Crippen LogP contribution is 2.37. The van der Waals surface area contributed by atoms with Crippen LogP contribution in [0.5, 0.6) is 5.75 Å². The molecule has 0 aliphatic carbocycles. The Morgan fingerprint density at radius 3 is 2.46 bits per heavy atom. The Morgan fingerprint density at radius 1 is 1.19 bits per heavy atom. The molecule has 2 aromatic carbocycles. The first kappa shape index (κ1) is 18.5. The number of nitrogens with zero attached hydrogens (tertiary/aromatic N) is 1. The summed E-state index contributed by atoms with van der Waals surface area (Å²) < 4.78 is 33.3. The van der Waals surface area contributed by atoms with Crippen LogP contribution in [0.1, 0.15) is 36.2 Å². The molecule has 0 amide bonds. The van der Waals surface area contributed by atoms with Gasteiger partial charge in [-0.25, -0.2) is 8.42 Å². The molecule has 1 atom stereocenters. The van der Waals surface area contributed by atoms with E-state index < -0.39 is 10.0 Å². The van der Waals surface area contributed by atoms with Gasteiger partial charge in [0.25, 0.3) is 10.0 Å². The van der Waals surface area contributed by atoms with Crippen LogP contribution < -0.4 is 9.04 Å². The van der Waals surface area contributed by atoms with E-state index in [0.717, 1.165) is 24.2 Å². The molecule has 3 rings (SSSR count). The summed E-state index contributed by atoms with van der Waals surface area (Å²) in [6.07, 6.45) is 1.73. The van der Waals surface area contributed by atoms with Crippen molar-refractivity contribution in [2.75, 3.05) is 18.0 Å². The number of rotatable bonds is 5. The molecule has 0 fully saturated rings. The van der Waals surface area contributed by atoms with E-state index >= 15 is 0 Å². The van der Waals surface area contributed by atoms with Crippen LogP contribution in [-0.4, -0.2) is 27.9 Å². The number of sulfonamides is 1. The predicted octanol–water partition coefficient (Wildman–Crippen LogP) is 3.68. The van der Waals surface area contributed by atoms with Crippen molar-refractivity contribution >= 4 is 21.5 Å². The number of anilines is 1. The van der Waals surface area contributed by atoms with Gasteiger partial charge in [-0.3, -0.25) is 9.10 Å². The molecule has 0 spiro atoms. The van der Waals surface area contributed by atoms with E-state index in [2.05, 4.69) is 6.92 Å². The van der Waals surface area contributed by atoms with Gasteiger partial charge in [0.2, 0.25) is 0 Å². The predicted molar refractivity (Wildman–Crippen MR) is 101 cm³/mol. The molecule has 0 aromatic heterocycles. The molecule has 0 saturated heterocycles. The smallest absolute Gasteiger partial charge is 0.264 e. The van der Waals surface area contributed by atoms with Gasteiger partial charge in [-0.15, -0.1) is 0 Å². The van der Waals surface area contributed by atoms with Gasteiger partial charge in [0, 0.05) is 12.1 Å². The van der Waals surface area contributed by atoms with Gasteiger partial charge in [-0.1, -0.05) is 25.5 Å². The van der Waals surface area contributed by atoms with Gasteiger partial charge in [-0.2, -0.15) is 0 Å². The van der Waals surface area contributed by atoms with Crippen molar-refractivity contribution in [2.24, 2.45) is 5.92 Å². The highest BCUT2D eigenvalue weighted by atomic mass is 32.2. The van der Waals surface area contributed by atoms with Crippen LogP contribution in [0, 0.1) is 5.92 Å². The maximum Gasteiger partial charge on any atom is 0.264 e. The maximum absolute atomic E-state index is 13.3. The van der Waals surface area contributed by atoms with Crippen molar-refractivity contribution in [1.29, 1.82) is 0 Å². The lowest BCUT2D eigenvalue weighted by Gasteiger charge is -2.35. The number of carbonyl (C=O) groups is 1. The van der Waals surface area contributed by atoms with Gasteiger partial charge < -0.3 is 4.74 Å². The van der Waals surface area contributed by atoms with E-state index in [-0.39, 0.29) is 16.6 Å². The molecule has 1 aliphatic heterocycles. The number of benzene rings is 2. The highest BCUT2D eigenvalue weighted by molar-refractivity contribution is 7.92. The number of Topliss-reactive ketones (excluding diaryl/α,β-unsaturated/α-hetero) is 1. The summed E-state index contributed by atoms with van der Waals surface area (Å²) in [7, 11) is -2.10. The molecule has 0 bridgehead atoms. The summed E-state index contributed by atoms with van der Waals surface area (Å²) in [4.78, 5) is 11.6. The molecule has 26 heavy (non-hydrogen) atoms. The van der Waals surface area contributed by atoms with E-state index in [4.69, 9.17) is 4.74 Å². The molecule has 138 valence electrons. The Balaban J connectivity index is 2.05. The van der Waals surface area contributed by atoms with Crippen LogP contribution in [0.25, 0.3) is 0 Å². The molecular formula is C20H23NO4S. The highest BCUT2D eigenvalue weighted by Gasteiger charge is 2.33. The summed E-state index contributed by atoms with van der Waals surface area (Å²) in [5, 5.41) is 0. The quantitative estimate of drug-likeness (QED) is 0.750. The maximum atomic E-state index is 13.3. The minimum absolute atomic E-state index is 0.0876. The molecule has 6 heteroatoms. The van der Waals surface area contributed by atoms with Crippen molar-refractivity contribution in [3.05, 3.63) is 53.6 Å².